The van der Waals surface area contributed by atoms with Crippen LogP contribution < -0.4 is 9.41 Å². The summed E-state index contributed by atoms with van der Waals surface area (Å²) in [6.45, 7) is 10.6. The Kier molecular flexibility index (Phi) is 3.80. The lowest BCUT2D eigenvalue weighted by Crippen LogP contribution is -2.30. The van der Waals surface area contributed by atoms with E-state index in [1.165, 1.54) is 6.33 Å². The molecule has 0 amide bonds. The van der Waals surface area contributed by atoms with Crippen molar-refractivity contribution in [2.75, 3.05) is 4.98 Å². The standard InChI is InChI=1S/C8H18N4OSi2/c1-14(2)12-7-9-6-10-8(11-7)13-15(3,4)5/h6,14H,1-5H3,(H,9,10,11,12). The van der Waals surface area contributed by atoms with Gasteiger partial charge in [-0.2, -0.15) is 9.97 Å². The van der Waals surface area contributed by atoms with Gasteiger partial charge in [-0.3, -0.25) is 0 Å². The third-order valence-electron chi connectivity index (χ3n) is 1.36. The van der Waals surface area contributed by atoms with Gasteiger partial charge in [0.1, 0.15) is 15.3 Å². The first-order valence-corrected chi connectivity index (χ1v) is 11.3. The number of nitrogens with one attached hydrogen (secondary N) is 1. The number of hydrogen-bond donors (Lipinski definition) is 1. The van der Waals surface area contributed by atoms with E-state index < -0.39 is 17.3 Å². The van der Waals surface area contributed by atoms with E-state index in [1.54, 1.807) is 0 Å². The van der Waals surface area contributed by atoms with Gasteiger partial charge in [0.15, 0.2) is 0 Å². The summed E-state index contributed by atoms with van der Waals surface area (Å²) in [5.74, 6) is 0.625. The summed E-state index contributed by atoms with van der Waals surface area (Å²) in [5, 5.41) is 0. The molecule has 0 bridgehead atoms. The molecular formula is C8H18N4OSi2. The highest BCUT2D eigenvalue weighted by Gasteiger charge is 2.18. The Balaban J connectivity index is 2.74. The van der Waals surface area contributed by atoms with Gasteiger partial charge in [-0.15, -0.1) is 0 Å². The van der Waals surface area contributed by atoms with Gasteiger partial charge in [0, 0.05) is 0 Å². The largest absolute Gasteiger partial charge is 0.518 e. The fourth-order valence-corrected chi connectivity index (χ4v) is 2.23. The number of rotatable bonds is 4. The zero-order valence-corrected chi connectivity index (χ0v) is 12.1. The third-order valence-corrected chi connectivity index (χ3v) is 3.00. The van der Waals surface area contributed by atoms with Crippen molar-refractivity contribution in [2.24, 2.45) is 0 Å². The van der Waals surface area contributed by atoms with E-state index in [0.717, 1.165) is 0 Å². The SMILES string of the molecule is C[SiH](C)Nc1ncnc(O[Si](C)(C)C)n1. The Morgan fingerprint density at radius 2 is 1.93 bits per heavy atom. The molecule has 1 aromatic heterocycles. The molecule has 0 saturated heterocycles. The maximum atomic E-state index is 5.68. The molecule has 1 aromatic rings. The van der Waals surface area contributed by atoms with Crippen LogP contribution in [0.5, 0.6) is 6.01 Å². The molecule has 0 aromatic carbocycles. The normalized spacial score (nSPS) is 11.6. The van der Waals surface area contributed by atoms with Crippen LogP contribution in [-0.4, -0.2) is 32.2 Å². The molecule has 1 N–H and O–H groups in total. The lowest BCUT2D eigenvalue weighted by atomic mass is 10.9. The van der Waals surface area contributed by atoms with Crippen LogP contribution in [0.4, 0.5) is 5.95 Å². The van der Waals surface area contributed by atoms with Crippen LogP contribution in [-0.2, 0) is 0 Å². The molecule has 84 valence electrons. The van der Waals surface area contributed by atoms with Gasteiger partial charge in [0.05, 0.1) is 0 Å². The van der Waals surface area contributed by atoms with E-state index in [2.05, 4.69) is 52.7 Å². The summed E-state index contributed by atoms with van der Waals surface area (Å²) in [6.07, 6.45) is 1.49. The monoisotopic (exact) mass is 242 g/mol. The van der Waals surface area contributed by atoms with E-state index in [0.29, 0.717) is 12.0 Å². The van der Waals surface area contributed by atoms with Crippen molar-refractivity contribution in [3.8, 4) is 6.01 Å². The van der Waals surface area contributed by atoms with Crippen LogP contribution >= 0.6 is 0 Å². The second kappa shape index (κ2) is 4.71. The van der Waals surface area contributed by atoms with Gasteiger partial charge < -0.3 is 9.41 Å². The Labute approximate surface area is 93.1 Å². The number of nitrogens with zero attached hydrogens (tertiary/aromatic N) is 3. The van der Waals surface area contributed by atoms with E-state index >= 15 is 0 Å². The molecular weight excluding hydrogens is 224 g/mol. The summed E-state index contributed by atoms with van der Waals surface area (Å²) in [4.78, 5) is 15.5. The second-order valence-electron chi connectivity index (χ2n) is 4.61. The predicted molar refractivity (Wildman–Crippen MR) is 66.3 cm³/mol. The fourth-order valence-electron chi connectivity index (χ4n) is 0.932. The Bertz CT molecular complexity index is 327. The summed E-state index contributed by atoms with van der Waals surface area (Å²) < 4.78 is 5.68. The molecule has 1 heterocycles. The lowest BCUT2D eigenvalue weighted by Gasteiger charge is -2.17. The summed E-state index contributed by atoms with van der Waals surface area (Å²) in [5.41, 5.74) is 0. The minimum absolute atomic E-state index is 0.432. The lowest BCUT2D eigenvalue weighted by molar-refractivity contribution is 0.507. The summed E-state index contributed by atoms with van der Waals surface area (Å²) >= 11 is 0. The minimum atomic E-state index is -1.63. The Morgan fingerprint density at radius 1 is 1.27 bits per heavy atom. The molecule has 0 fully saturated rings. The minimum Gasteiger partial charge on any atom is -0.518 e. The van der Waals surface area contributed by atoms with Crippen molar-refractivity contribution in [2.45, 2.75) is 32.7 Å². The highest BCUT2D eigenvalue weighted by atomic mass is 28.4. The maximum Gasteiger partial charge on any atom is 0.307 e. The Hall–Kier alpha value is -0.956. The summed E-state index contributed by atoms with van der Waals surface area (Å²) in [7, 11) is -2.55. The molecule has 15 heavy (non-hydrogen) atoms. The van der Waals surface area contributed by atoms with Crippen molar-refractivity contribution in [1.29, 1.82) is 0 Å². The third kappa shape index (κ3) is 4.89. The molecule has 0 radical (unpaired) electrons. The molecule has 0 aliphatic rings. The van der Waals surface area contributed by atoms with E-state index in [-0.39, 0.29) is 0 Å². The Morgan fingerprint density at radius 3 is 2.47 bits per heavy atom. The van der Waals surface area contributed by atoms with Crippen LogP contribution in [0.1, 0.15) is 0 Å². The number of aromatic nitrogens is 3. The quantitative estimate of drug-likeness (QED) is 0.811. The van der Waals surface area contributed by atoms with Gasteiger partial charge in [-0.1, -0.05) is 13.1 Å². The maximum absolute atomic E-state index is 5.68. The van der Waals surface area contributed by atoms with E-state index in [9.17, 15) is 0 Å². The van der Waals surface area contributed by atoms with Crippen LogP contribution in [0.3, 0.4) is 0 Å². The molecule has 0 atom stereocenters. The van der Waals surface area contributed by atoms with Gasteiger partial charge in [0.25, 0.3) is 0 Å². The van der Waals surface area contributed by atoms with Gasteiger partial charge in [0.2, 0.25) is 14.3 Å². The van der Waals surface area contributed by atoms with Gasteiger partial charge in [-0.25, -0.2) is 4.98 Å². The molecule has 5 nitrogen and oxygen atoms in total. The van der Waals surface area contributed by atoms with Crippen molar-refractivity contribution in [3.05, 3.63) is 6.33 Å². The molecule has 0 aliphatic carbocycles. The van der Waals surface area contributed by atoms with Gasteiger partial charge in [-0.05, 0) is 19.6 Å². The van der Waals surface area contributed by atoms with Crippen LogP contribution in [0, 0.1) is 0 Å². The van der Waals surface area contributed by atoms with Crippen molar-refractivity contribution in [3.63, 3.8) is 0 Å². The van der Waals surface area contributed by atoms with E-state index in [1.807, 2.05) is 0 Å². The van der Waals surface area contributed by atoms with Crippen LogP contribution in [0.2, 0.25) is 32.7 Å². The molecule has 1 rings (SSSR count). The average Bonchev–Trinajstić information content (AvgIpc) is 1.99. The zero-order chi connectivity index (χ0) is 11.5. The zero-order valence-electron chi connectivity index (χ0n) is 9.90. The number of hydrogen-bond acceptors (Lipinski definition) is 5. The van der Waals surface area contributed by atoms with Gasteiger partial charge >= 0.3 is 6.01 Å². The first-order chi connectivity index (χ1) is 6.87. The number of anilines is 1. The van der Waals surface area contributed by atoms with Crippen LogP contribution in [0.25, 0.3) is 0 Å². The molecule has 0 spiro atoms. The first-order valence-electron chi connectivity index (χ1n) is 5.01. The second-order valence-corrected chi connectivity index (χ2v) is 11.6. The van der Waals surface area contributed by atoms with Crippen molar-refractivity contribution in [1.82, 2.24) is 15.0 Å². The molecule has 0 unspecified atom stereocenters. The van der Waals surface area contributed by atoms with Crippen LogP contribution in [0.15, 0.2) is 6.33 Å². The summed E-state index contributed by atoms with van der Waals surface area (Å²) in [6, 6.07) is 0.432. The first kappa shape index (κ1) is 12.1. The molecule has 0 aliphatic heterocycles. The van der Waals surface area contributed by atoms with E-state index in [4.69, 9.17) is 4.43 Å². The fraction of sp³-hybridized carbons (Fsp3) is 0.625. The van der Waals surface area contributed by atoms with Crippen molar-refractivity contribution < 1.29 is 4.43 Å². The highest BCUT2D eigenvalue weighted by Crippen LogP contribution is 2.10. The predicted octanol–water partition coefficient (Wildman–Crippen LogP) is 1.48. The average molecular weight is 242 g/mol. The molecule has 0 saturated carbocycles. The highest BCUT2D eigenvalue weighted by molar-refractivity contribution is 6.70. The van der Waals surface area contributed by atoms with Crippen molar-refractivity contribution >= 4 is 23.2 Å². The topological polar surface area (TPSA) is 59.9 Å². The smallest absolute Gasteiger partial charge is 0.307 e. The molecule has 7 heteroatoms.